The zero-order valence-electron chi connectivity index (χ0n) is 9.55. The number of rotatable bonds is 4. The lowest BCUT2D eigenvalue weighted by Crippen LogP contribution is -2.31. The van der Waals surface area contributed by atoms with Gasteiger partial charge in [-0.3, -0.25) is 4.90 Å². The van der Waals surface area contributed by atoms with Crippen LogP contribution in [0.4, 0.5) is 0 Å². The highest BCUT2D eigenvalue weighted by atomic mass is 16.3. The summed E-state index contributed by atoms with van der Waals surface area (Å²) in [4.78, 5) is 2.50. The van der Waals surface area contributed by atoms with Crippen molar-refractivity contribution in [2.45, 2.75) is 39.5 Å². The maximum Gasteiger partial charge on any atom is 0.0644 e. The highest BCUT2D eigenvalue weighted by Gasteiger charge is 2.11. The average molecular weight is 197 g/mol. The summed E-state index contributed by atoms with van der Waals surface area (Å²) < 4.78 is 0. The number of aliphatic hydroxyl groups excluding tert-OH is 1. The Kier molecular flexibility index (Phi) is 5.20. The lowest BCUT2D eigenvalue weighted by atomic mass is 10.1. The van der Waals surface area contributed by atoms with Crippen molar-refractivity contribution >= 4 is 0 Å². The summed E-state index contributed by atoms with van der Waals surface area (Å²) in [6.45, 7) is 8.04. The minimum Gasteiger partial charge on any atom is -0.392 e. The van der Waals surface area contributed by atoms with Gasteiger partial charge in [-0.05, 0) is 44.8 Å². The van der Waals surface area contributed by atoms with Crippen LogP contribution in [0, 0.1) is 0 Å². The van der Waals surface area contributed by atoms with E-state index < -0.39 is 0 Å². The first kappa shape index (κ1) is 11.7. The van der Waals surface area contributed by atoms with E-state index in [9.17, 15) is 0 Å². The fraction of sp³-hybridized carbons (Fsp3) is 0.833. The van der Waals surface area contributed by atoms with Gasteiger partial charge in [0.2, 0.25) is 0 Å². The molecule has 1 aliphatic heterocycles. The molecule has 1 fully saturated rings. The van der Waals surface area contributed by atoms with E-state index in [1.54, 1.807) is 0 Å². The summed E-state index contributed by atoms with van der Waals surface area (Å²) >= 11 is 0. The number of aliphatic hydroxyl groups is 1. The molecule has 1 aliphatic rings. The van der Waals surface area contributed by atoms with E-state index in [-0.39, 0.29) is 6.61 Å². The molecule has 0 saturated carbocycles. The molecule has 0 aliphatic carbocycles. The van der Waals surface area contributed by atoms with Gasteiger partial charge in [-0.15, -0.1) is 0 Å². The summed E-state index contributed by atoms with van der Waals surface area (Å²) in [7, 11) is 0. The molecular weight excluding hydrogens is 174 g/mol. The molecule has 0 radical (unpaired) electrons. The van der Waals surface area contributed by atoms with Gasteiger partial charge < -0.3 is 5.11 Å². The van der Waals surface area contributed by atoms with Crippen LogP contribution in [-0.2, 0) is 0 Å². The molecule has 0 spiro atoms. The summed E-state index contributed by atoms with van der Waals surface area (Å²) in [6, 6.07) is 0. The molecule has 14 heavy (non-hydrogen) atoms. The Balaban J connectivity index is 2.44. The zero-order valence-corrected chi connectivity index (χ0v) is 9.55. The molecule has 0 unspecified atom stereocenters. The third-order valence-electron chi connectivity index (χ3n) is 3.13. The third kappa shape index (κ3) is 3.43. The van der Waals surface area contributed by atoms with Crippen LogP contribution in [0.3, 0.4) is 0 Å². The minimum atomic E-state index is 0.232. The van der Waals surface area contributed by atoms with Gasteiger partial charge in [0.15, 0.2) is 0 Å². The molecular formula is C12H23NO. The van der Waals surface area contributed by atoms with Gasteiger partial charge in [-0.25, -0.2) is 0 Å². The van der Waals surface area contributed by atoms with E-state index in [0.717, 1.165) is 13.0 Å². The Bertz CT molecular complexity index is 186. The maximum absolute atomic E-state index is 9.15. The van der Waals surface area contributed by atoms with Gasteiger partial charge in [-0.2, -0.15) is 0 Å². The SMILES string of the molecule is CCC(CO)=C(C)CN1CCCCC1. The van der Waals surface area contributed by atoms with Gasteiger partial charge in [-0.1, -0.05) is 18.9 Å². The molecule has 1 saturated heterocycles. The molecule has 2 heteroatoms. The van der Waals surface area contributed by atoms with E-state index in [1.807, 2.05) is 0 Å². The fourth-order valence-electron chi connectivity index (χ4n) is 2.11. The van der Waals surface area contributed by atoms with E-state index in [4.69, 9.17) is 5.11 Å². The van der Waals surface area contributed by atoms with Gasteiger partial charge in [0.25, 0.3) is 0 Å². The molecule has 0 amide bonds. The quantitative estimate of drug-likeness (QED) is 0.698. The first-order valence-electron chi connectivity index (χ1n) is 5.78. The van der Waals surface area contributed by atoms with Crippen molar-refractivity contribution in [2.75, 3.05) is 26.2 Å². The Hall–Kier alpha value is -0.340. The highest BCUT2D eigenvalue weighted by molar-refractivity contribution is 5.13. The molecule has 0 aromatic carbocycles. The van der Waals surface area contributed by atoms with E-state index >= 15 is 0 Å². The normalized spacial score (nSPS) is 20.8. The van der Waals surface area contributed by atoms with Gasteiger partial charge in [0, 0.05) is 6.54 Å². The van der Waals surface area contributed by atoms with Crippen LogP contribution in [-0.4, -0.2) is 36.2 Å². The summed E-state index contributed by atoms with van der Waals surface area (Å²) in [5, 5.41) is 9.15. The van der Waals surface area contributed by atoms with Gasteiger partial charge in [0.05, 0.1) is 6.61 Å². The molecule has 0 bridgehead atoms. The fourth-order valence-corrected chi connectivity index (χ4v) is 2.11. The molecule has 2 nitrogen and oxygen atoms in total. The minimum absolute atomic E-state index is 0.232. The predicted molar refractivity (Wildman–Crippen MR) is 60.4 cm³/mol. The first-order chi connectivity index (χ1) is 6.77. The van der Waals surface area contributed by atoms with Crippen LogP contribution in [0.1, 0.15) is 39.5 Å². The van der Waals surface area contributed by atoms with E-state index in [0.29, 0.717) is 0 Å². The third-order valence-corrected chi connectivity index (χ3v) is 3.13. The topological polar surface area (TPSA) is 23.5 Å². The van der Waals surface area contributed by atoms with Crippen molar-refractivity contribution in [3.8, 4) is 0 Å². The van der Waals surface area contributed by atoms with Crippen LogP contribution in [0.2, 0.25) is 0 Å². The molecule has 0 aromatic rings. The molecule has 82 valence electrons. The van der Waals surface area contributed by atoms with Crippen molar-refractivity contribution < 1.29 is 5.11 Å². The largest absolute Gasteiger partial charge is 0.392 e. The number of hydrogen-bond acceptors (Lipinski definition) is 2. The lowest BCUT2D eigenvalue weighted by Gasteiger charge is -2.27. The Morgan fingerprint density at radius 3 is 2.36 bits per heavy atom. The second-order valence-electron chi connectivity index (χ2n) is 4.23. The van der Waals surface area contributed by atoms with E-state index in [1.165, 1.54) is 43.5 Å². The Labute approximate surface area is 87.6 Å². The van der Waals surface area contributed by atoms with Crippen molar-refractivity contribution in [1.82, 2.24) is 4.90 Å². The Morgan fingerprint density at radius 2 is 1.86 bits per heavy atom. The number of nitrogens with zero attached hydrogens (tertiary/aromatic N) is 1. The number of hydrogen-bond donors (Lipinski definition) is 1. The van der Waals surface area contributed by atoms with E-state index in [2.05, 4.69) is 18.7 Å². The summed E-state index contributed by atoms with van der Waals surface area (Å²) in [5.41, 5.74) is 2.59. The Morgan fingerprint density at radius 1 is 1.21 bits per heavy atom. The highest BCUT2D eigenvalue weighted by Crippen LogP contribution is 2.13. The predicted octanol–water partition coefficient (Wildman–Crippen LogP) is 2.19. The van der Waals surface area contributed by atoms with Crippen molar-refractivity contribution in [3.63, 3.8) is 0 Å². The second kappa shape index (κ2) is 6.20. The van der Waals surface area contributed by atoms with Crippen LogP contribution in [0.15, 0.2) is 11.1 Å². The van der Waals surface area contributed by atoms with Crippen LogP contribution < -0.4 is 0 Å². The molecule has 1 N–H and O–H groups in total. The van der Waals surface area contributed by atoms with Crippen molar-refractivity contribution in [2.24, 2.45) is 0 Å². The molecule has 0 aromatic heterocycles. The maximum atomic E-state index is 9.15. The molecule has 0 atom stereocenters. The summed E-state index contributed by atoms with van der Waals surface area (Å²) in [5.74, 6) is 0. The smallest absolute Gasteiger partial charge is 0.0644 e. The first-order valence-corrected chi connectivity index (χ1v) is 5.78. The standard InChI is InChI=1S/C12H23NO/c1-3-12(10-14)11(2)9-13-7-5-4-6-8-13/h14H,3-10H2,1-2H3. The van der Waals surface area contributed by atoms with Crippen molar-refractivity contribution in [3.05, 3.63) is 11.1 Å². The average Bonchev–Trinajstić information content (AvgIpc) is 2.21. The molecule has 1 heterocycles. The van der Waals surface area contributed by atoms with Crippen molar-refractivity contribution in [1.29, 1.82) is 0 Å². The van der Waals surface area contributed by atoms with Crippen LogP contribution in [0.5, 0.6) is 0 Å². The number of piperidine rings is 1. The number of likely N-dealkylation sites (tertiary alicyclic amines) is 1. The lowest BCUT2D eigenvalue weighted by molar-refractivity contribution is 0.244. The zero-order chi connectivity index (χ0) is 10.4. The van der Waals surface area contributed by atoms with Crippen LogP contribution in [0.25, 0.3) is 0 Å². The summed E-state index contributed by atoms with van der Waals surface area (Å²) in [6.07, 6.45) is 5.05. The molecule has 1 rings (SSSR count). The second-order valence-corrected chi connectivity index (χ2v) is 4.23. The van der Waals surface area contributed by atoms with Gasteiger partial charge >= 0.3 is 0 Å². The van der Waals surface area contributed by atoms with Gasteiger partial charge in [0.1, 0.15) is 0 Å². The monoisotopic (exact) mass is 197 g/mol. The van der Waals surface area contributed by atoms with Crippen LogP contribution >= 0.6 is 0 Å².